The second-order valence-corrected chi connectivity index (χ2v) is 10.2. The van der Waals surface area contributed by atoms with Gasteiger partial charge in [-0.05, 0) is 36.6 Å². The van der Waals surface area contributed by atoms with Crippen LogP contribution in [0.25, 0.3) is 5.69 Å². The second kappa shape index (κ2) is 12.6. The maximum atomic E-state index is 13.4. The SMILES string of the molecule is CCOC(=O)c1nn(-c2cnc(OC)nc2OC)c(C(C)C)c1C(Nc1cc(Cl)cn(C)c1=O)c1ccc(Cl)cc1. The van der Waals surface area contributed by atoms with Crippen molar-refractivity contribution in [3.8, 4) is 17.6 Å². The molecule has 1 N–H and O–H groups in total. The lowest BCUT2D eigenvalue weighted by molar-refractivity contribution is 0.0517. The number of hydrogen-bond donors (Lipinski definition) is 1. The fourth-order valence-corrected chi connectivity index (χ4v) is 4.84. The number of pyridine rings is 1. The van der Waals surface area contributed by atoms with E-state index in [1.807, 2.05) is 26.0 Å². The quantitative estimate of drug-likeness (QED) is 0.245. The Kier molecular flexibility index (Phi) is 9.19. The number of nitrogens with zero attached hydrogens (tertiary/aromatic N) is 5. The van der Waals surface area contributed by atoms with E-state index < -0.39 is 12.0 Å². The van der Waals surface area contributed by atoms with E-state index in [0.29, 0.717) is 32.6 Å². The van der Waals surface area contributed by atoms with Crippen LogP contribution in [-0.2, 0) is 11.8 Å². The summed E-state index contributed by atoms with van der Waals surface area (Å²) in [6.45, 7) is 5.76. The highest BCUT2D eigenvalue weighted by molar-refractivity contribution is 6.31. The lowest BCUT2D eigenvalue weighted by Gasteiger charge is -2.24. The Morgan fingerprint density at radius 3 is 2.41 bits per heavy atom. The van der Waals surface area contributed by atoms with E-state index in [-0.39, 0.29) is 41.4 Å². The van der Waals surface area contributed by atoms with Crippen molar-refractivity contribution in [1.29, 1.82) is 0 Å². The molecule has 3 aromatic heterocycles. The molecule has 216 valence electrons. The van der Waals surface area contributed by atoms with Gasteiger partial charge >= 0.3 is 12.0 Å². The van der Waals surface area contributed by atoms with Crippen LogP contribution in [0.15, 0.2) is 47.5 Å². The van der Waals surface area contributed by atoms with Gasteiger partial charge < -0.3 is 24.1 Å². The molecule has 0 aliphatic carbocycles. The zero-order chi connectivity index (χ0) is 29.8. The maximum Gasteiger partial charge on any atom is 0.359 e. The molecular formula is C28H30Cl2N6O5. The Morgan fingerprint density at radius 2 is 1.80 bits per heavy atom. The molecule has 3 heterocycles. The number of nitrogens with one attached hydrogen (secondary N) is 1. The molecule has 0 amide bonds. The largest absolute Gasteiger partial charge is 0.479 e. The van der Waals surface area contributed by atoms with Gasteiger partial charge in [0.15, 0.2) is 5.69 Å². The first kappa shape index (κ1) is 29.9. The molecule has 1 unspecified atom stereocenters. The third kappa shape index (κ3) is 6.15. The summed E-state index contributed by atoms with van der Waals surface area (Å²) in [5.41, 5.74) is 2.16. The van der Waals surface area contributed by atoms with Crippen LogP contribution in [0.1, 0.15) is 60.0 Å². The summed E-state index contributed by atoms with van der Waals surface area (Å²) < 4.78 is 19.1. The van der Waals surface area contributed by atoms with Gasteiger partial charge in [0.2, 0.25) is 5.88 Å². The number of benzene rings is 1. The normalized spacial score (nSPS) is 11.8. The number of anilines is 1. The maximum absolute atomic E-state index is 13.4. The Hall–Kier alpha value is -4.09. The molecule has 0 radical (unpaired) electrons. The summed E-state index contributed by atoms with van der Waals surface area (Å²) in [5.74, 6) is -0.648. The van der Waals surface area contributed by atoms with Gasteiger partial charge in [0, 0.05) is 23.8 Å². The van der Waals surface area contributed by atoms with E-state index in [4.69, 9.17) is 42.5 Å². The van der Waals surface area contributed by atoms with Crippen LogP contribution in [0.4, 0.5) is 5.69 Å². The molecule has 0 aliphatic heterocycles. The van der Waals surface area contributed by atoms with E-state index in [2.05, 4.69) is 15.3 Å². The van der Waals surface area contributed by atoms with Gasteiger partial charge in [-0.2, -0.15) is 10.1 Å². The summed E-state index contributed by atoms with van der Waals surface area (Å²) in [5, 5.41) is 8.92. The molecule has 0 fully saturated rings. The van der Waals surface area contributed by atoms with Crippen LogP contribution < -0.4 is 20.3 Å². The number of halogens is 2. The molecule has 4 aromatic rings. The van der Waals surface area contributed by atoms with E-state index in [1.54, 1.807) is 30.8 Å². The van der Waals surface area contributed by atoms with Crippen molar-refractivity contribution in [1.82, 2.24) is 24.3 Å². The third-order valence-electron chi connectivity index (χ3n) is 6.23. The van der Waals surface area contributed by atoms with Crippen molar-refractivity contribution in [3.63, 3.8) is 0 Å². The van der Waals surface area contributed by atoms with Gasteiger partial charge in [-0.1, -0.05) is 49.2 Å². The molecule has 41 heavy (non-hydrogen) atoms. The standard InChI is InChI=1S/C28H30Cl2N6O5/c1-7-41-27(38)23-21(24(15(2)3)36(34-23)20-13-31-28(40-6)33-25(20)39-5)22(16-8-10-17(29)11-9-16)32-19-12-18(30)14-35(4)26(19)37/h8-15,22,32H,7H2,1-6H3. The topological polar surface area (TPSA) is 122 Å². The minimum absolute atomic E-state index is 0.0414. The van der Waals surface area contributed by atoms with Gasteiger partial charge in [-0.3, -0.25) is 4.79 Å². The number of aromatic nitrogens is 5. The fourth-order valence-electron chi connectivity index (χ4n) is 4.46. The van der Waals surface area contributed by atoms with Crippen LogP contribution in [0.5, 0.6) is 11.9 Å². The molecule has 0 saturated heterocycles. The molecule has 0 aliphatic rings. The number of carbonyl (C=O) groups excluding carboxylic acids is 1. The zero-order valence-corrected chi connectivity index (χ0v) is 24.9. The molecule has 11 nitrogen and oxygen atoms in total. The lowest BCUT2D eigenvalue weighted by atomic mass is 9.92. The van der Waals surface area contributed by atoms with Crippen molar-refractivity contribution >= 4 is 34.9 Å². The van der Waals surface area contributed by atoms with Crippen molar-refractivity contribution in [2.24, 2.45) is 7.05 Å². The Morgan fingerprint density at radius 1 is 1.10 bits per heavy atom. The number of methoxy groups -OCH3 is 2. The van der Waals surface area contributed by atoms with E-state index in [0.717, 1.165) is 0 Å². The monoisotopic (exact) mass is 600 g/mol. The number of aryl methyl sites for hydroxylation is 1. The van der Waals surface area contributed by atoms with E-state index in [9.17, 15) is 9.59 Å². The molecule has 0 spiro atoms. The molecule has 0 bridgehead atoms. The molecule has 0 saturated carbocycles. The minimum atomic E-state index is -0.755. The smallest absolute Gasteiger partial charge is 0.359 e. The van der Waals surface area contributed by atoms with Crippen molar-refractivity contribution in [3.05, 3.63) is 85.6 Å². The molecule has 13 heteroatoms. The number of ether oxygens (including phenoxy) is 3. The van der Waals surface area contributed by atoms with Crippen LogP contribution in [0, 0.1) is 0 Å². The summed E-state index contributed by atoms with van der Waals surface area (Å²) in [6, 6.07) is 7.96. The first-order valence-corrected chi connectivity index (χ1v) is 13.5. The van der Waals surface area contributed by atoms with Crippen LogP contribution in [0.2, 0.25) is 10.0 Å². The summed E-state index contributed by atoms with van der Waals surface area (Å²) in [7, 11) is 4.51. The van der Waals surface area contributed by atoms with E-state index in [1.165, 1.54) is 37.2 Å². The van der Waals surface area contributed by atoms with Gasteiger partial charge in [0.25, 0.3) is 5.56 Å². The van der Waals surface area contributed by atoms with Gasteiger partial charge in [-0.15, -0.1) is 0 Å². The van der Waals surface area contributed by atoms with Crippen molar-refractivity contribution in [2.75, 3.05) is 26.1 Å². The third-order valence-corrected chi connectivity index (χ3v) is 6.69. The number of carbonyl (C=O) groups is 1. The highest BCUT2D eigenvalue weighted by atomic mass is 35.5. The lowest BCUT2D eigenvalue weighted by Crippen LogP contribution is -2.25. The molecule has 1 atom stereocenters. The predicted molar refractivity (Wildman–Crippen MR) is 156 cm³/mol. The van der Waals surface area contributed by atoms with Gasteiger partial charge in [0.1, 0.15) is 11.4 Å². The number of esters is 1. The van der Waals surface area contributed by atoms with Crippen LogP contribution in [0.3, 0.4) is 0 Å². The Balaban J connectivity index is 2.07. The molecule has 4 rings (SSSR count). The predicted octanol–water partition coefficient (Wildman–Crippen LogP) is 5.19. The Bertz CT molecular complexity index is 1620. The molecule has 1 aromatic carbocycles. The minimum Gasteiger partial charge on any atom is -0.479 e. The number of rotatable bonds is 10. The second-order valence-electron chi connectivity index (χ2n) is 9.30. The number of hydrogen-bond acceptors (Lipinski definition) is 9. The van der Waals surface area contributed by atoms with Crippen molar-refractivity contribution in [2.45, 2.75) is 32.7 Å². The highest BCUT2D eigenvalue weighted by Crippen LogP contribution is 2.38. The Labute approximate surface area is 247 Å². The fraction of sp³-hybridized carbons (Fsp3) is 0.321. The summed E-state index contributed by atoms with van der Waals surface area (Å²) in [6.07, 6.45) is 3.02. The van der Waals surface area contributed by atoms with Crippen LogP contribution in [-0.4, -0.2) is 51.1 Å². The van der Waals surface area contributed by atoms with Gasteiger partial charge in [-0.25, -0.2) is 14.5 Å². The van der Waals surface area contributed by atoms with Crippen LogP contribution >= 0.6 is 23.2 Å². The van der Waals surface area contributed by atoms with Gasteiger partial charge in [0.05, 0.1) is 43.8 Å². The summed E-state index contributed by atoms with van der Waals surface area (Å²) >= 11 is 12.5. The first-order valence-electron chi connectivity index (χ1n) is 12.7. The van der Waals surface area contributed by atoms with E-state index >= 15 is 0 Å². The van der Waals surface area contributed by atoms with Crippen molar-refractivity contribution < 1.29 is 19.0 Å². The first-order chi connectivity index (χ1) is 19.6. The highest BCUT2D eigenvalue weighted by Gasteiger charge is 2.34. The zero-order valence-electron chi connectivity index (χ0n) is 23.4. The average Bonchev–Trinajstić information content (AvgIpc) is 3.35. The summed E-state index contributed by atoms with van der Waals surface area (Å²) in [4.78, 5) is 35.1. The average molecular weight is 601 g/mol. The molecular weight excluding hydrogens is 571 g/mol.